The lowest BCUT2D eigenvalue weighted by Crippen LogP contribution is -2.68. The zero-order chi connectivity index (χ0) is 74.7. The summed E-state index contributed by atoms with van der Waals surface area (Å²) in [7, 11) is 0. The molecule has 0 saturated carbocycles. The number of carboxylic acids is 2. The molecule has 0 aliphatic carbocycles. The fraction of sp³-hybridized carbons (Fsp3) is 0.932. The zero-order valence-corrected chi connectivity index (χ0v) is 56.7. The van der Waals surface area contributed by atoms with Gasteiger partial charge in [-0.3, -0.25) is 19.2 Å². The second kappa shape index (κ2) is 39.3. The van der Waals surface area contributed by atoms with Crippen LogP contribution in [-0.4, -0.2) is 422 Å². The Bertz CT molecular complexity index is 2590. The average molecular weight is 1530 g/mol. The molecular weight excluding hydrogens is 1430 g/mol. The molecule has 21 N–H and O–H groups in total. The molecule has 21 aliphatic heterocycles. The van der Waals surface area contributed by atoms with Crippen molar-refractivity contribution in [2.45, 2.75) is 254 Å². The van der Waals surface area contributed by atoms with E-state index in [9.17, 15) is 126 Å². The summed E-state index contributed by atoms with van der Waals surface area (Å²) < 4.78 is 93.1. The van der Waals surface area contributed by atoms with Crippen LogP contribution in [0, 0.1) is 11.8 Å². The fourth-order valence-electron chi connectivity index (χ4n) is 12.5. The van der Waals surface area contributed by atoms with Gasteiger partial charge in [-0.25, -0.2) is 0 Å². The summed E-state index contributed by atoms with van der Waals surface area (Å²) in [5.41, 5.74) is -1.67. The highest BCUT2D eigenvalue weighted by Gasteiger charge is 2.60. The van der Waals surface area contributed by atoms with Gasteiger partial charge in [0, 0.05) is 36.5 Å². The van der Waals surface area contributed by atoms with Gasteiger partial charge in [-0.05, 0) is 13.3 Å². The Kier molecular flexibility index (Phi) is 32.8. The number of aliphatic carboxylic acids is 2. The first-order valence-electron chi connectivity index (χ1n) is 33.1. The smallest absolute Gasteiger partial charge is 0.307 e. The summed E-state index contributed by atoms with van der Waals surface area (Å²) in [6, 6.07) is 0. The number of ketones is 2. The molecule has 0 aromatic rings. The summed E-state index contributed by atoms with van der Waals surface area (Å²) in [6.07, 6.45) is -71.7. The molecule has 16 unspecified atom stereocenters. The first kappa shape index (κ1) is 85.2. The lowest BCUT2D eigenvalue weighted by Gasteiger charge is -2.50. The first-order valence-corrected chi connectivity index (χ1v) is 35.3. The molecule has 0 radical (unpaired) electrons. The largest absolute Gasteiger partial charge is 0.481 e. The number of carboxylic acid groups (broad SMARTS) is 2. The molecule has 43 heteroatoms. The van der Waals surface area contributed by atoms with E-state index in [1.54, 1.807) is 0 Å². The maximum atomic E-state index is 13.0. The maximum Gasteiger partial charge on any atom is 0.307 e. The van der Waals surface area contributed by atoms with Crippen molar-refractivity contribution < 1.29 is 202 Å². The number of Topliss-reactive ketones (excluding diaryl/α,β-unsaturated/α-hetero) is 2. The molecule has 21 rings (SSSR count). The molecule has 590 valence electrons. The van der Waals surface area contributed by atoms with Crippen molar-refractivity contribution in [1.29, 1.82) is 0 Å². The molecular formula is C59H96O41S2. The minimum atomic E-state index is -2.31. The highest BCUT2D eigenvalue weighted by molar-refractivity contribution is 7.99. The quantitative estimate of drug-likeness (QED) is 0.0358. The van der Waals surface area contributed by atoms with E-state index in [0.29, 0.717) is 11.8 Å². The Hall–Kier alpha value is -2.42. The number of hydrogen-bond acceptors (Lipinski definition) is 41. The topological polar surface area (TPSA) is 641 Å². The van der Waals surface area contributed by atoms with Crippen LogP contribution in [0.5, 0.6) is 0 Å². The number of thioether (sulfide) groups is 2. The Labute approximate surface area is 589 Å². The summed E-state index contributed by atoms with van der Waals surface area (Å²) >= 11 is 1.44. The lowest BCUT2D eigenvalue weighted by atomic mass is 9.95. The van der Waals surface area contributed by atoms with Crippen molar-refractivity contribution in [1.82, 2.24) is 0 Å². The number of aliphatic hydroxyl groups is 19. The normalized spacial score (nSPS) is 45.2. The Morgan fingerprint density at radius 1 is 0.353 bits per heavy atom. The van der Waals surface area contributed by atoms with E-state index in [0.717, 1.165) is 11.8 Å². The van der Waals surface area contributed by atoms with Crippen LogP contribution < -0.4 is 0 Å². The molecule has 0 aromatic heterocycles. The van der Waals surface area contributed by atoms with Crippen LogP contribution >= 0.6 is 23.5 Å². The van der Waals surface area contributed by atoms with Gasteiger partial charge in [0.25, 0.3) is 0 Å². The number of hydrogen-bond donors (Lipinski definition) is 21. The third-order valence-electron chi connectivity index (χ3n) is 18.5. The van der Waals surface area contributed by atoms with Crippen molar-refractivity contribution in [3.63, 3.8) is 0 Å². The van der Waals surface area contributed by atoms with E-state index in [1.165, 1.54) is 13.8 Å². The number of carbonyl (C=O) groups excluding carboxylic acids is 2. The molecule has 21 saturated heterocycles. The molecule has 102 heavy (non-hydrogen) atoms. The summed E-state index contributed by atoms with van der Waals surface area (Å²) in [4.78, 5) is 48.9. The molecule has 21 aliphatic rings. The van der Waals surface area contributed by atoms with E-state index >= 15 is 0 Å². The van der Waals surface area contributed by atoms with E-state index in [4.69, 9.17) is 75.8 Å². The van der Waals surface area contributed by atoms with Gasteiger partial charge in [0.1, 0.15) is 176 Å². The van der Waals surface area contributed by atoms with Gasteiger partial charge in [0.2, 0.25) is 0 Å². The summed E-state index contributed by atoms with van der Waals surface area (Å²) in [5, 5.41) is 237. The summed E-state index contributed by atoms with van der Waals surface area (Å²) in [6.45, 7) is -2.38. The van der Waals surface area contributed by atoms with Crippen LogP contribution in [0.25, 0.3) is 0 Å². The first-order chi connectivity index (χ1) is 48.5. The van der Waals surface area contributed by atoms with E-state index in [-0.39, 0.29) is 63.0 Å². The predicted molar refractivity (Wildman–Crippen MR) is 328 cm³/mol. The van der Waals surface area contributed by atoms with Gasteiger partial charge in [0.15, 0.2) is 44.0 Å². The molecule has 41 nitrogen and oxygen atoms in total. The van der Waals surface area contributed by atoms with Crippen LogP contribution in [0.2, 0.25) is 0 Å². The van der Waals surface area contributed by atoms with Gasteiger partial charge >= 0.3 is 11.9 Å². The third kappa shape index (κ3) is 20.3. The molecule has 37 atom stereocenters. The maximum absolute atomic E-state index is 13.0. The fourth-order valence-corrected chi connectivity index (χ4v) is 15.1. The third-order valence-corrected chi connectivity index (χ3v) is 21.0. The monoisotopic (exact) mass is 1520 g/mol. The number of ether oxygens (including phenoxy) is 16. The highest BCUT2D eigenvalue weighted by Crippen LogP contribution is 2.41. The molecule has 0 aromatic carbocycles. The second-order valence-corrected chi connectivity index (χ2v) is 27.8. The van der Waals surface area contributed by atoms with Crippen molar-refractivity contribution in [3.8, 4) is 0 Å². The lowest BCUT2D eigenvalue weighted by molar-refractivity contribution is -0.394. The molecule has 21 heterocycles. The van der Waals surface area contributed by atoms with Gasteiger partial charge < -0.3 is 183 Å². The average Bonchev–Trinajstić information content (AvgIpc) is 0.779. The molecule has 0 amide bonds. The Balaban J connectivity index is 1.08. The Morgan fingerprint density at radius 3 is 0.941 bits per heavy atom. The predicted octanol–water partition coefficient (Wildman–Crippen LogP) is -11.6. The Morgan fingerprint density at radius 2 is 0.637 bits per heavy atom. The highest BCUT2D eigenvalue weighted by atomic mass is 32.2. The van der Waals surface area contributed by atoms with Crippen LogP contribution in [0.3, 0.4) is 0 Å². The van der Waals surface area contributed by atoms with E-state index < -0.39 is 289 Å². The van der Waals surface area contributed by atoms with Crippen LogP contribution in [0.1, 0.15) is 39.5 Å². The molecule has 21 fully saturated rings. The SMILES string of the molecule is CCC(CSC1O[C@@H]2O[C@H]3C(CO)O[C@@H](O[C@H]4C(CO)O[C@@H](O[C@H]5C(CO)O[C@@H](O[C@H]6C(CSCC(CC(=O)CCOCCOCCC(C)=O)C(=O)O)O[C@@H](O[C@H]7C(CO)O[C@H](O[C@H]8C(CO)O[C@H](O[C@@H]1[C@H](O)C2O)C(O)[C@H]8O)C(O)[C@H]7O)C(O)[C@H]6O)C(O)[C@H]5O)C(O)[C@H]4O)C(O)[C@H]3O)C(=O)O. The standard InChI is InChI=1S/C59H96O41S2/c1-3-20(50(81)82)17-102-59-49-35(73)42(80)58(100-59)97-47-27(15-64)89-54(38(76)32(47)70)93-43-23(11-60)87-52(36(74)29(43)67)94-44-24(12-61)90-55(39(77)31(44)69)98-48-28(18-101-16-21(51(83)84)10-22(66)5-7-86-9-8-85-6-4-19(2)65)92-57(41(79)34(48)72)96-46-25(13-62)88-53(37(75)30(46)68)95-45-26(14-63)91-56(99-49)40(78)33(45)71/h20-21,23-49,52-64,67-80H,3-18H2,1-2H3,(H,81,82)(H,83,84)/t20?,21?,23?,24?,25?,26?,27?,28?,29-,30-,31-,32-,33-,34-,35-,36?,37?,38?,39?,40?,41?,42?,43+,44+,45+,46+,47+,48+,49-,52+,53-,54+,55+,56-,57+,58+,59?/m1/s1. The van der Waals surface area contributed by atoms with Crippen molar-refractivity contribution in [2.24, 2.45) is 11.8 Å². The zero-order valence-electron chi connectivity index (χ0n) is 55.0. The van der Waals surface area contributed by atoms with Crippen molar-refractivity contribution >= 4 is 47.0 Å². The van der Waals surface area contributed by atoms with Crippen LogP contribution in [0.4, 0.5) is 0 Å². The number of rotatable bonds is 26. The summed E-state index contributed by atoms with van der Waals surface area (Å²) in [5.74, 6) is -6.93. The van der Waals surface area contributed by atoms with Crippen molar-refractivity contribution in [2.75, 3.05) is 76.7 Å². The van der Waals surface area contributed by atoms with Crippen LogP contribution in [-0.2, 0) is 95.0 Å². The van der Waals surface area contributed by atoms with Gasteiger partial charge in [-0.15, -0.1) is 11.8 Å². The van der Waals surface area contributed by atoms with Gasteiger partial charge in [0.05, 0.1) is 77.4 Å². The minimum Gasteiger partial charge on any atom is -0.481 e. The van der Waals surface area contributed by atoms with Crippen molar-refractivity contribution in [3.05, 3.63) is 0 Å². The van der Waals surface area contributed by atoms with Crippen LogP contribution in [0.15, 0.2) is 0 Å². The van der Waals surface area contributed by atoms with Gasteiger partial charge in [-0.2, -0.15) is 11.8 Å². The molecule has 14 bridgehead atoms. The second-order valence-electron chi connectivity index (χ2n) is 25.6. The minimum absolute atomic E-state index is 0.0387. The van der Waals surface area contributed by atoms with Gasteiger partial charge in [-0.1, -0.05) is 6.92 Å². The molecule has 0 spiro atoms. The van der Waals surface area contributed by atoms with E-state index in [2.05, 4.69) is 0 Å². The number of aliphatic hydroxyl groups excluding tert-OH is 19. The number of carbonyl (C=O) groups is 4. The van der Waals surface area contributed by atoms with E-state index in [1.807, 2.05) is 0 Å².